The number of ether oxygens (including phenoxy) is 1. The maximum absolute atomic E-state index is 5.53. The van der Waals surface area contributed by atoms with E-state index in [4.69, 9.17) is 10.5 Å². The highest BCUT2D eigenvalue weighted by molar-refractivity contribution is 5.27. The third-order valence-electron chi connectivity index (χ3n) is 2.36. The minimum atomic E-state index is 0.689. The molecule has 0 fully saturated rings. The fraction of sp³-hybridized carbons (Fsp3) is 0.538. The zero-order valence-electron chi connectivity index (χ0n) is 9.54. The molecule has 1 aromatic carbocycles. The van der Waals surface area contributed by atoms with Gasteiger partial charge in [0.05, 0.1) is 6.61 Å². The van der Waals surface area contributed by atoms with Crippen LogP contribution in [0.5, 0.6) is 5.75 Å². The molecule has 0 aliphatic heterocycles. The molecule has 0 atom stereocenters. The molecule has 2 heteroatoms. The number of hydrogen-bond acceptors (Lipinski definition) is 2. The van der Waals surface area contributed by atoms with Crippen molar-refractivity contribution in [3.8, 4) is 5.75 Å². The second-order valence-electron chi connectivity index (χ2n) is 3.74. The van der Waals surface area contributed by atoms with E-state index in [2.05, 4.69) is 19.1 Å². The van der Waals surface area contributed by atoms with Crippen LogP contribution in [-0.4, -0.2) is 13.2 Å². The molecule has 1 rings (SSSR count). The third kappa shape index (κ3) is 4.84. The summed E-state index contributed by atoms with van der Waals surface area (Å²) in [5.74, 6) is 0.948. The second-order valence-corrected chi connectivity index (χ2v) is 3.74. The highest BCUT2D eigenvalue weighted by Gasteiger charge is 1.95. The first-order valence-corrected chi connectivity index (χ1v) is 5.78. The monoisotopic (exact) mass is 207 g/mol. The van der Waals surface area contributed by atoms with E-state index in [-0.39, 0.29) is 0 Å². The molecule has 0 unspecified atom stereocenters. The van der Waals surface area contributed by atoms with Crippen molar-refractivity contribution in [2.45, 2.75) is 32.6 Å². The van der Waals surface area contributed by atoms with E-state index >= 15 is 0 Å². The SMILES string of the molecule is CCCCc1ccc(OCCCN)cc1. The number of aryl methyl sites for hydroxylation is 1. The molecule has 0 aliphatic carbocycles. The van der Waals surface area contributed by atoms with Gasteiger partial charge in [0.15, 0.2) is 0 Å². The van der Waals surface area contributed by atoms with Crippen molar-refractivity contribution >= 4 is 0 Å². The average Bonchev–Trinajstić information content (AvgIpc) is 2.28. The van der Waals surface area contributed by atoms with Gasteiger partial charge in [-0.2, -0.15) is 0 Å². The lowest BCUT2D eigenvalue weighted by Gasteiger charge is -2.06. The third-order valence-corrected chi connectivity index (χ3v) is 2.36. The lowest BCUT2D eigenvalue weighted by atomic mass is 10.1. The summed E-state index contributed by atoms with van der Waals surface area (Å²) in [6.45, 7) is 3.61. The van der Waals surface area contributed by atoms with Crippen molar-refractivity contribution in [3.05, 3.63) is 29.8 Å². The molecule has 84 valence electrons. The Bertz CT molecular complexity index is 256. The van der Waals surface area contributed by atoms with E-state index in [1.165, 1.54) is 24.8 Å². The molecule has 1 aromatic rings. The maximum atomic E-state index is 5.53. The number of unbranched alkanes of at least 4 members (excludes halogenated alkanes) is 1. The molecular weight excluding hydrogens is 186 g/mol. The highest BCUT2D eigenvalue weighted by Crippen LogP contribution is 2.13. The number of rotatable bonds is 7. The molecule has 0 saturated carbocycles. The molecule has 0 saturated heterocycles. The minimum absolute atomic E-state index is 0.689. The van der Waals surface area contributed by atoms with Gasteiger partial charge < -0.3 is 10.5 Å². The standard InChI is InChI=1S/C13H21NO/c1-2-3-5-12-6-8-13(9-7-12)15-11-4-10-14/h6-9H,2-5,10-11,14H2,1H3. The molecule has 2 nitrogen and oxygen atoms in total. The van der Waals surface area contributed by atoms with E-state index in [9.17, 15) is 0 Å². The lowest BCUT2D eigenvalue weighted by Crippen LogP contribution is -2.05. The highest BCUT2D eigenvalue weighted by atomic mass is 16.5. The Hall–Kier alpha value is -1.02. The molecule has 0 amide bonds. The Morgan fingerprint density at radius 3 is 2.47 bits per heavy atom. The van der Waals surface area contributed by atoms with Gasteiger partial charge in [0, 0.05) is 0 Å². The predicted molar refractivity (Wildman–Crippen MR) is 64.2 cm³/mol. The quantitative estimate of drug-likeness (QED) is 0.698. The average molecular weight is 207 g/mol. The first-order valence-electron chi connectivity index (χ1n) is 5.78. The van der Waals surface area contributed by atoms with Gasteiger partial charge in [-0.15, -0.1) is 0 Å². The summed E-state index contributed by atoms with van der Waals surface area (Å²) in [5.41, 5.74) is 6.78. The van der Waals surface area contributed by atoms with Gasteiger partial charge in [-0.05, 0) is 43.5 Å². The fourth-order valence-corrected chi connectivity index (χ4v) is 1.41. The van der Waals surface area contributed by atoms with Gasteiger partial charge in [-0.25, -0.2) is 0 Å². The van der Waals surface area contributed by atoms with Gasteiger partial charge in [0.25, 0.3) is 0 Å². The number of nitrogens with two attached hydrogens (primary N) is 1. The summed E-state index contributed by atoms with van der Waals surface area (Å²) in [5, 5.41) is 0. The normalized spacial score (nSPS) is 10.3. The molecule has 15 heavy (non-hydrogen) atoms. The Kier molecular flexibility index (Phi) is 5.86. The Balaban J connectivity index is 2.35. The van der Waals surface area contributed by atoms with E-state index in [0.29, 0.717) is 13.2 Å². The molecule has 0 aromatic heterocycles. The Morgan fingerprint density at radius 1 is 1.13 bits per heavy atom. The predicted octanol–water partition coefficient (Wildman–Crippen LogP) is 2.76. The van der Waals surface area contributed by atoms with Crippen LogP contribution in [0.1, 0.15) is 31.7 Å². The van der Waals surface area contributed by atoms with Crippen molar-refractivity contribution in [2.24, 2.45) is 5.73 Å². The van der Waals surface area contributed by atoms with Crippen LogP contribution in [0.3, 0.4) is 0 Å². The molecule has 0 spiro atoms. The van der Waals surface area contributed by atoms with Crippen LogP contribution < -0.4 is 10.5 Å². The summed E-state index contributed by atoms with van der Waals surface area (Å²) >= 11 is 0. The Labute approximate surface area is 92.4 Å². The topological polar surface area (TPSA) is 35.2 Å². The van der Waals surface area contributed by atoms with Crippen LogP contribution in [0.25, 0.3) is 0 Å². The van der Waals surface area contributed by atoms with Crippen molar-refractivity contribution in [1.82, 2.24) is 0 Å². The van der Waals surface area contributed by atoms with E-state index in [0.717, 1.165) is 12.2 Å². The first kappa shape index (κ1) is 12.1. The van der Waals surface area contributed by atoms with Crippen LogP contribution in [0.4, 0.5) is 0 Å². The number of benzene rings is 1. The van der Waals surface area contributed by atoms with Gasteiger partial charge in [-0.1, -0.05) is 25.5 Å². The van der Waals surface area contributed by atoms with Crippen LogP contribution in [0.15, 0.2) is 24.3 Å². The van der Waals surface area contributed by atoms with Crippen LogP contribution in [0, 0.1) is 0 Å². The number of hydrogen-bond donors (Lipinski definition) is 1. The zero-order valence-corrected chi connectivity index (χ0v) is 9.54. The molecule has 2 N–H and O–H groups in total. The minimum Gasteiger partial charge on any atom is -0.494 e. The van der Waals surface area contributed by atoms with Gasteiger partial charge in [-0.3, -0.25) is 0 Å². The van der Waals surface area contributed by atoms with E-state index in [1.807, 2.05) is 12.1 Å². The van der Waals surface area contributed by atoms with Gasteiger partial charge >= 0.3 is 0 Å². The lowest BCUT2D eigenvalue weighted by molar-refractivity contribution is 0.313. The smallest absolute Gasteiger partial charge is 0.119 e. The molecular formula is C13H21NO. The van der Waals surface area contributed by atoms with Gasteiger partial charge in [0.1, 0.15) is 5.75 Å². The first-order chi connectivity index (χ1) is 7.36. The van der Waals surface area contributed by atoms with Crippen molar-refractivity contribution in [1.29, 1.82) is 0 Å². The van der Waals surface area contributed by atoms with Crippen LogP contribution >= 0.6 is 0 Å². The zero-order chi connectivity index (χ0) is 10.9. The second kappa shape index (κ2) is 7.30. The van der Waals surface area contributed by atoms with Crippen molar-refractivity contribution < 1.29 is 4.74 Å². The molecule has 0 bridgehead atoms. The summed E-state index contributed by atoms with van der Waals surface area (Å²) in [6, 6.07) is 8.38. The maximum Gasteiger partial charge on any atom is 0.119 e. The summed E-state index contributed by atoms with van der Waals surface area (Å²) in [4.78, 5) is 0. The summed E-state index contributed by atoms with van der Waals surface area (Å²) in [7, 11) is 0. The van der Waals surface area contributed by atoms with Crippen LogP contribution in [-0.2, 0) is 6.42 Å². The summed E-state index contributed by atoms with van der Waals surface area (Å²) in [6.07, 6.45) is 4.58. The van der Waals surface area contributed by atoms with Crippen molar-refractivity contribution in [3.63, 3.8) is 0 Å². The van der Waals surface area contributed by atoms with Crippen LogP contribution in [0.2, 0.25) is 0 Å². The Morgan fingerprint density at radius 2 is 1.87 bits per heavy atom. The van der Waals surface area contributed by atoms with Crippen molar-refractivity contribution in [2.75, 3.05) is 13.2 Å². The summed E-state index contributed by atoms with van der Waals surface area (Å²) < 4.78 is 5.53. The van der Waals surface area contributed by atoms with E-state index < -0.39 is 0 Å². The molecule has 0 radical (unpaired) electrons. The van der Waals surface area contributed by atoms with E-state index in [1.54, 1.807) is 0 Å². The largest absolute Gasteiger partial charge is 0.494 e. The van der Waals surface area contributed by atoms with Gasteiger partial charge in [0.2, 0.25) is 0 Å². The fourth-order valence-electron chi connectivity index (χ4n) is 1.41. The molecule has 0 heterocycles. The molecule has 0 aliphatic rings.